The molecule has 2 aliphatic rings. The highest BCUT2D eigenvalue weighted by Gasteiger charge is 2.46. The van der Waals surface area contributed by atoms with Gasteiger partial charge in [0.1, 0.15) is 11.5 Å². The number of allylic oxidation sites excluding steroid dienone is 1. The van der Waals surface area contributed by atoms with Crippen LogP contribution < -0.4 is 14.8 Å². The summed E-state index contributed by atoms with van der Waals surface area (Å²) in [4.78, 5) is 30.4. The van der Waals surface area contributed by atoms with E-state index in [0.717, 1.165) is 47.8 Å². The number of ether oxygens (including phenoxy) is 2. The standard InChI is InChI=1S/C31H45N5O4/c1-9-23-17-24-18-25(39-7)19-28(40-8)26(24)11-12-27(23)31(36(10-2)22(5)37)13-15-35(16-14-31)30(38)32-29-20(3)33-34(6)21(29)4/h12,18-19,23H,9-11,13-17H2,1-8H3,(H,32,38). The van der Waals surface area contributed by atoms with Crippen LogP contribution >= 0.6 is 0 Å². The lowest BCUT2D eigenvalue weighted by atomic mass is 9.71. The van der Waals surface area contributed by atoms with Gasteiger partial charge in [0, 0.05) is 45.2 Å². The molecule has 9 heteroatoms. The Morgan fingerprint density at radius 2 is 1.85 bits per heavy atom. The lowest BCUT2D eigenvalue weighted by molar-refractivity contribution is -0.135. The first-order valence-electron chi connectivity index (χ1n) is 14.4. The second-order valence-electron chi connectivity index (χ2n) is 11.0. The lowest BCUT2D eigenvalue weighted by Gasteiger charge is -2.51. The van der Waals surface area contributed by atoms with Crippen LogP contribution in [0.25, 0.3) is 0 Å². The van der Waals surface area contributed by atoms with E-state index < -0.39 is 5.54 Å². The molecule has 218 valence electrons. The van der Waals surface area contributed by atoms with Gasteiger partial charge in [-0.2, -0.15) is 5.10 Å². The monoisotopic (exact) mass is 551 g/mol. The Morgan fingerprint density at radius 1 is 1.15 bits per heavy atom. The van der Waals surface area contributed by atoms with Crippen LogP contribution in [-0.2, 0) is 24.7 Å². The van der Waals surface area contributed by atoms with E-state index in [1.165, 1.54) is 16.7 Å². The molecule has 1 unspecified atom stereocenters. The quantitative estimate of drug-likeness (QED) is 0.487. The predicted octanol–water partition coefficient (Wildman–Crippen LogP) is 5.04. The lowest BCUT2D eigenvalue weighted by Crippen LogP contribution is -2.60. The molecule has 0 saturated carbocycles. The van der Waals surface area contributed by atoms with E-state index in [1.807, 2.05) is 36.8 Å². The van der Waals surface area contributed by atoms with Gasteiger partial charge in [0.05, 0.1) is 36.8 Å². The van der Waals surface area contributed by atoms with Gasteiger partial charge in [0.15, 0.2) is 0 Å². The molecule has 1 aliphatic heterocycles. The Labute approximate surface area is 238 Å². The van der Waals surface area contributed by atoms with E-state index in [0.29, 0.717) is 32.5 Å². The Balaban J connectivity index is 1.66. The molecule has 3 amide bonds. The number of aryl methyl sites for hydroxylation is 2. The first-order valence-corrected chi connectivity index (χ1v) is 14.4. The molecule has 0 spiro atoms. The molecule has 2 aromatic rings. The number of likely N-dealkylation sites (N-methyl/N-ethyl adjacent to an activating group) is 1. The highest BCUT2D eigenvalue weighted by molar-refractivity contribution is 5.90. The number of aromatic nitrogens is 2. The number of nitrogens with zero attached hydrogens (tertiary/aromatic N) is 4. The molecule has 1 saturated heterocycles. The van der Waals surface area contributed by atoms with Crippen LogP contribution in [0.15, 0.2) is 23.8 Å². The summed E-state index contributed by atoms with van der Waals surface area (Å²) in [5.41, 5.74) is 5.76. The zero-order chi connectivity index (χ0) is 29.2. The van der Waals surface area contributed by atoms with Crippen LogP contribution in [0.3, 0.4) is 0 Å². The van der Waals surface area contributed by atoms with E-state index in [2.05, 4.69) is 36.4 Å². The summed E-state index contributed by atoms with van der Waals surface area (Å²) in [5, 5.41) is 7.52. The molecule has 1 N–H and O–H groups in total. The molecule has 2 heterocycles. The zero-order valence-electron chi connectivity index (χ0n) is 25.4. The first kappa shape index (κ1) is 29.5. The minimum atomic E-state index is -0.447. The van der Waals surface area contributed by atoms with Crippen LogP contribution in [0.4, 0.5) is 10.5 Å². The highest BCUT2D eigenvalue weighted by Crippen LogP contribution is 2.45. The first-order chi connectivity index (χ1) is 19.1. The van der Waals surface area contributed by atoms with Crippen molar-refractivity contribution in [3.05, 3.63) is 46.3 Å². The molecule has 0 bridgehead atoms. The van der Waals surface area contributed by atoms with Crippen LogP contribution in [0.5, 0.6) is 11.5 Å². The Bertz CT molecular complexity index is 1290. The van der Waals surface area contributed by atoms with Gasteiger partial charge in [0.2, 0.25) is 5.91 Å². The molecule has 0 radical (unpaired) electrons. The van der Waals surface area contributed by atoms with Crippen molar-refractivity contribution in [1.29, 1.82) is 0 Å². The number of anilines is 1. The zero-order valence-corrected chi connectivity index (χ0v) is 25.4. The van der Waals surface area contributed by atoms with Gasteiger partial charge in [-0.3, -0.25) is 9.48 Å². The topological polar surface area (TPSA) is 88.9 Å². The highest BCUT2D eigenvalue weighted by atomic mass is 16.5. The molecule has 1 atom stereocenters. The van der Waals surface area contributed by atoms with Crippen LogP contribution in [0.2, 0.25) is 0 Å². The van der Waals surface area contributed by atoms with Gasteiger partial charge in [-0.25, -0.2) is 4.79 Å². The molecule has 1 aliphatic carbocycles. The van der Waals surface area contributed by atoms with Gasteiger partial charge >= 0.3 is 6.03 Å². The Kier molecular flexibility index (Phi) is 8.80. The third-order valence-corrected chi connectivity index (χ3v) is 9.02. The van der Waals surface area contributed by atoms with Gasteiger partial charge in [-0.15, -0.1) is 0 Å². The van der Waals surface area contributed by atoms with Crippen LogP contribution in [0, 0.1) is 19.8 Å². The average molecular weight is 552 g/mol. The normalized spacial score (nSPS) is 18.4. The van der Waals surface area contributed by atoms with E-state index in [4.69, 9.17) is 9.47 Å². The number of fused-ring (bicyclic) bond motifs is 1. The second kappa shape index (κ2) is 11.9. The van der Waals surface area contributed by atoms with Crippen molar-refractivity contribution >= 4 is 17.6 Å². The molecule has 9 nitrogen and oxygen atoms in total. The number of benzene rings is 1. The Hall–Kier alpha value is -3.49. The minimum Gasteiger partial charge on any atom is -0.497 e. The number of likely N-dealkylation sites (tertiary alicyclic amines) is 1. The van der Waals surface area contributed by atoms with E-state index >= 15 is 0 Å². The van der Waals surface area contributed by atoms with Crippen molar-refractivity contribution < 1.29 is 19.1 Å². The summed E-state index contributed by atoms with van der Waals surface area (Å²) >= 11 is 0. The molecule has 1 aromatic carbocycles. The number of rotatable bonds is 7. The number of carbonyl (C=O) groups excluding carboxylic acids is 2. The number of hydrogen-bond donors (Lipinski definition) is 1. The van der Waals surface area contributed by atoms with Crippen LogP contribution in [0.1, 0.15) is 62.5 Å². The summed E-state index contributed by atoms with van der Waals surface area (Å²) < 4.78 is 13.1. The summed E-state index contributed by atoms with van der Waals surface area (Å²) in [6.45, 7) is 11.5. The molecular formula is C31H45N5O4. The van der Waals surface area contributed by atoms with Crippen molar-refractivity contribution in [2.75, 3.05) is 39.2 Å². The summed E-state index contributed by atoms with van der Waals surface area (Å²) in [6.07, 6.45) is 6.27. The fraction of sp³-hybridized carbons (Fsp3) is 0.581. The number of methoxy groups -OCH3 is 2. The van der Waals surface area contributed by atoms with Gasteiger partial charge in [-0.05, 0) is 76.0 Å². The molecule has 1 aromatic heterocycles. The Morgan fingerprint density at radius 3 is 2.38 bits per heavy atom. The third-order valence-electron chi connectivity index (χ3n) is 9.02. The van der Waals surface area contributed by atoms with Crippen LogP contribution in [-0.4, -0.2) is 70.9 Å². The van der Waals surface area contributed by atoms with Crippen molar-refractivity contribution in [2.45, 2.75) is 72.3 Å². The van der Waals surface area contributed by atoms with E-state index in [9.17, 15) is 9.59 Å². The number of piperidine rings is 1. The van der Waals surface area contributed by atoms with Crippen molar-refractivity contribution in [2.24, 2.45) is 13.0 Å². The maximum Gasteiger partial charge on any atom is 0.321 e. The minimum absolute atomic E-state index is 0.0683. The number of hydrogen-bond acceptors (Lipinski definition) is 5. The number of amides is 3. The van der Waals surface area contributed by atoms with Gasteiger partial charge < -0.3 is 24.6 Å². The maximum absolute atomic E-state index is 13.4. The van der Waals surface area contributed by atoms with E-state index in [-0.39, 0.29) is 17.9 Å². The molecular weight excluding hydrogens is 506 g/mol. The number of carbonyl (C=O) groups is 2. The van der Waals surface area contributed by atoms with Gasteiger partial charge in [0.25, 0.3) is 0 Å². The summed E-state index contributed by atoms with van der Waals surface area (Å²) in [7, 11) is 5.26. The average Bonchev–Trinajstić information content (AvgIpc) is 3.08. The fourth-order valence-electron chi connectivity index (χ4n) is 6.84. The second-order valence-corrected chi connectivity index (χ2v) is 11.0. The van der Waals surface area contributed by atoms with Crippen molar-refractivity contribution in [1.82, 2.24) is 19.6 Å². The molecule has 1 fully saturated rings. The maximum atomic E-state index is 13.4. The van der Waals surface area contributed by atoms with E-state index in [1.54, 1.807) is 25.8 Å². The SMILES string of the molecule is CCC1Cc2cc(OC)cc(OC)c2CC=C1C1(N(CC)C(C)=O)CCN(C(=O)Nc2c(C)nn(C)c2C)CC1. The summed E-state index contributed by atoms with van der Waals surface area (Å²) in [5.74, 6) is 1.95. The third kappa shape index (κ3) is 5.30. The number of urea groups is 1. The molecule has 40 heavy (non-hydrogen) atoms. The fourth-order valence-corrected chi connectivity index (χ4v) is 6.84. The number of nitrogens with one attached hydrogen (secondary N) is 1. The van der Waals surface area contributed by atoms with Crippen molar-refractivity contribution in [3.8, 4) is 11.5 Å². The largest absolute Gasteiger partial charge is 0.497 e. The summed E-state index contributed by atoms with van der Waals surface area (Å²) in [6, 6.07) is 3.96. The van der Waals surface area contributed by atoms with Crippen molar-refractivity contribution in [3.63, 3.8) is 0 Å². The smallest absolute Gasteiger partial charge is 0.321 e. The van der Waals surface area contributed by atoms with Gasteiger partial charge in [-0.1, -0.05) is 13.0 Å². The molecule has 4 rings (SSSR count). The predicted molar refractivity (Wildman–Crippen MR) is 157 cm³/mol.